The van der Waals surface area contributed by atoms with Gasteiger partial charge in [-0.1, -0.05) is 12.1 Å². The van der Waals surface area contributed by atoms with Gasteiger partial charge in [-0.15, -0.1) is 0 Å². The fourth-order valence-electron chi connectivity index (χ4n) is 0.709. The summed E-state index contributed by atoms with van der Waals surface area (Å²) in [6.45, 7) is 0. The van der Waals surface area contributed by atoms with Crippen molar-refractivity contribution >= 4 is 5.97 Å². The molecule has 64 valence electrons. The molecule has 4 heteroatoms. The molecule has 0 amide bonds. The van der Waals surface area contributed by atoms with Gasteiger partial charge in [0.15, 0.2) is 0 Å². The maximum Gasteiger partial charge on any atom is 0.325 e. The van der Waals surface area contributed by atoms with E-state index in [-0.39, 0.29) is 17.6 Å². The molecule has 0 saturated carbocycles. The molecule has 4 N–H and O–H groups in total. The van der Waals surface area contributed by atoms with E-state index in [9.17, 15) is 4.79 Å². The molecular weight excluding hydrogens is 158 g/mol. The van der Waals surface area contributed by atoms with Crippen molar-refractivity contribution < 1.29 is 17.7 Å². The number of phenols is 1. The Morgan fingerprint density at radius 1 is 1.58 bits per heavy atom. The topological polar surface area (TPSA) is 83.6 Å². The standard InChI is InChI=1S/C8H9NO3/c9-7(8(11)12)5-1-3-6(10)4-2-5/h1-4,7,10H,9H2,(H,11,12)/t7-/m0/s1/i3D,4D. The highest BCUT2D eigenvalue weighted by molar-refractivity contribution is 5.75. The molecule has 0 heterocycles. The Morgan fingerprint density at radius 2 is 2.08 bits per heavy atom. The lowest BCUT2D eigenvalue weighted by molar-refractivity contribution is -0.138. The van der Waals surface area contributed by atoms with E-state index in [2.05, 4.69) is 0 Å². The highest BCUT2D eigenvalue weighted by Crippen LogP contribution is 2.14. The maximum absolute atomic E-state index is 10.5. The molecule has 0 aliphatic heterocycles. The molecule has 0 aliphatic rings. The number of carboxylic acids is 1. The quantitative estimate of drug-likeness (QED) is 0.601. The number of aromatic hydroxyl groups is 1. The van der Waals surface area contributed by atoms with Crippen LogP contribution in [0.15, 0.2) is 24.2 Å². The van der Waals surface area contributed by atoms with Crippen LogP contribution in [0.2, 0.25) is 0 Å². The molecule has 0 saturated heterocycles. The van der Waals surface area contributed by atoms with Gasteiger partial charge in [0.25, 0.3) is 0 Å². The Bertz CT molecular complexity index is 358. The molecule has 1 rings (SSSR count). The zero-order chi connectivity index (χ0) is 10.9. The van der Waals surface area contributed by atoms with Crippen LogP contribution in [0.1, 0.15) is 14.3 Å². The number of carboxylic acid groups (broad SMARTS) is 1. The third-order valence-corrected chi connectivity index (χ3v) is 1.38. The second-order valence-electron chi connectivity index (χ2n) is 2.24. The average molecular weight is 169 g/mol. The maximum atomic E-state index is 10.5. The molecular formula is C8H9NO3. The van der Waals surface area contributed by atoms with E-state index in [1.54, 1.807) is 0 Å². The number of rotatable bonds is 2. The smallest absolute Gasteiger partial charge is 0.325 e. The van der Waals surface area contributed by atoms with Gasteiger partial charge in [-0.2, -0.15) is 0 Å². The SMILES string of the molecule is [2H]c1cc([C@H](N)C(=O)O)cc([2H])c1O. The van der Waals surface area contributed by atoms with Crippen LogP contribution >= 0.6 is 0 Å². The van der Waals surface area contributed by atoms with Gasteiger partial charge in [0.05, 0.1) is 2.74 Å². The van der Waals surface area contributed by atoms with Crippen LogP contribution in [0.25, 0.3) is 0 Å². The van der Waals surface area contributed by atoms with Crippen molar-refractivity contribution in [2.24, 2.45) is 5.73 Å². The third-order valence-electron chi connectivity index (χ3n) is 1.38. The molecule has 0 unspecified atom stereocenters. The lowest BCUT2D eigenvalue weighted by atomic mass is 10.1. The second kappa shape index (κ2) is 3.23. The number of nitrogens with two attached hydrogens (primary N) is 1. The summed E-state index contributed by atoms with van der Waals surface area (Å²) < 4.78 is 14.4. The summed E-state index contributed by atoms with van der Waals surface area (Å²) in [5.74, 6) is -1.72. The summed E-state index contributed by atoms with van der Waals surface area (Å²) in [7, 11) is 0. The average Bonchev–Trinajstić information content (AvgIpc) is 2.12. The van der Waals surface area contributed by atoms with Gasteiger partial charge >= 0.3 is 5.97 Å². The van der Waals surface area contributed by atoms with E-state index >= 15 is 0 Å². The fraction of sp³-hybridized carbons (Fsp3) is 0.125. The van der Waals surface area contributed by atoms with E-state index in [1.807, 2.05) is 0 Å². The number of phenolic OH excluding ortho intramolecular Hbond substituents is 1. The van der Waals surface area contributed by atoms with Crippen LogP contribution < -0.4 is 5.73 Å². The summed E-state index contributed by atoms with van der Waals surface area (Å²) in [4.78, 5) is 10.5. The lowest BCUT2D eigenvalue weighted by Gasteiger charge is -2.05. The van der Waals surface area contributed by atoms with Crippen LogP contribution in [0, 0.1) is 0 Å². The van der Waals surface area contributed by atoms with E-state index in [1.165, 1.54) is 0 Å². The molecule has 0 fully saturated rings. The Kier molecular flexibility index (Phi) is 1.62. The van der Waals surface area contributed by atoms with E-state index < -0.39 is 17.8 Å². The Labute approximate surface area is 72.1 Å². The predicted octanol–water partition coefficient (Wildman–Crippen LogP) is 0.477. The van der Waals surface area contributed by atoms with Crippen LogP contribution in [0.3, 0.4) is 0 Å². The molecule has 0 aliphatic carbocycles. The van der Waals surface area contributed by atoms with Crippen LogP contribution in [-0.2, 0) is 4.79 Å². The normalized spacial score (nSPS) is 14.8. The van der Waals surface area contributed by atoms with Gasteiger partial charge in [-0.05, 0) is 17.6 Å². The number of aliphatic carboxylic acids is 1. The van der Waals surface area contributed by atoms with E-state index in [0.29, 0.717) is 0 Å². The molecule has 1 aromatic carbocycles. The predicted molar refractivity (Wildman–Crippen MR) is 42.7 cm³/mol. The van der Waals surface area contributed by atoms with Gasteiger partial charge in [-0.25, -0.2) is 0 Å². The molecule has 1 atom stereocenters. The molecule has 1 aromatic rings. The minimum atomic E-state index is -1.27. The number of carbonyl (C=O) groups is 1. The van der Waals surface area contributed by atoms with Gasteiger partial charge in [0.1, 0.15) is 11.8 Å². The zero-order valence-corrected chi connectivity index (χ0v) is 6.11. The summed E-state index contributed by atoms with van der Waals surface area (Å²) >= 11 is 0. The Hall–Kier alpha value is -1.55. The largest absolute Gasteiger partial charge is 0.508 e. The van der Waals surface area contributed by atoms with Gasteiger partial charge < -0.3 is 15.9 Å². The number of hydrogen-bond donors (Lipinski definition) is 3. The van der Waals surface area contributed by atoms with Gasteiger partial charge in [0, 0.05) is 0 Å². The summed E-state index contributed by atoms with van der Waals surface area (Å²) in [5.41, 5.74) is 5.41. The minimum absolute atomic E-state index is 0.130. The molecule has 0 aromatic heterocycles. The number of benzene rings is 1. The fourth-order valence-corrected chi connectivity index (χ4v) is 0.709. The van der Waals surface area contributed by atoms with Crippen molar-refractivity contribution in [3.05, 3.63) is 29.8 Å². The van der Waals surface area contributed by atoms with Crippen molar-refractivity contribution in [2.75, 3.05) is 0 Å². The summed E-state index contributed by atoms with van der Waals surface area (Å²) in [6, 6.07) is 0.385. The first kappa shape index (κ1) is 6.02. The van der Waals surface area contributed by atoms with Gasteiger partial charge in [-0.3, -0.25) is 4.79 Å². The molecule has 0 spiro atoms. The minimum Gasteiger partial charge on any atom is -0.508 e. The van der Waals surface area contributed by atoms with E-state index in [4.69, 9.17) is 18.7 Å². The molecule has 0 bridgehead atoms. The lowest BCUT2D eigenvalue weighted by Crippen LogP contribution is -2.20. The van der Waals surface area contributed by atoms with Crippen LogP contribution in [0.4, 0.5) is 0 Å². The van der Waals surface area contributed by atoms with Crippen molar-refractivity contribution in [3.63, 3.8) is 0 Å². The Morgan fingerprint density at radius 3 is 2.50 bits per heavy atom. The zero-order valence-electron chi connectivity index (χ0n) is 8.11. The first-order chi connectivity index (χ1) is 6.43. The molecule has 0 radical (unpaired) electrons. The van der Waals surface area contributed by atoms with Crippen molar-refractivity contribution in [1.29, 1.82) is 0 Å². The number of hydrogen-bond acceptors (Lipinski definition) is 3. The summed E-state index contributed by atoms with van der Waals surface area (Å²) in [6.07, 6.45) is 0. The third kappa shape index (κ3) is 1.73. The summed E-state index contributed by atoms with van der Waals surface area (Å²) in [5, 5.41) is 17.7. The second-order valence-corrected chi connectivity index (χ2v) is 2.24. The molecule has 12 heavy (non-hydrogen) atoms. The Balaban J connectivity index is 3.19. The van der Waals surface area contributed by atoms with Crippen molar-refractivity contribution in [3.8, 4) is 5.75 Å². The van der Waals surface area contributed by atoms with E-state index in [0.717, 1.165) is 12.1 Å². The molecule has 4 nitrogen and oxygen atoms in total. The first-order valence-electron chi connectivity index (χ1n) is 4.22. The first-order valence-corrected chi connectivity index (χ1v) is 3.22. The highest BCUT2D eigenvalue weighted by Gasteiger charge is 2.13. The van der Waals surface area contributed by atoms with Crippen LogP contribution in [-0.4, -0.2) is 16.2 Å². The van der Waals surface area contributed by atoms with Crippen molar-refractivity contribution in [2.45, 2.75) is 6.04 Å². The van der Waals surface area contributed by atoms with Gasteiger partial charge in [0.2, 0.25) is 0 Å². The highest BCUT2D eigenvalue weighted by atomic mass is 16.4. The van der Waals surface area contributed by atoms with Crippen molar-refractivity contribution in [1.82, 2.24) is 0 Å². The van der Waals surface area contributed by atoms with Crippen LogP contribution in [0.5, 0.6) is 5.75 Å². The monoisotopic (exact) mass is 169 g/mol.